The van der Waals surface area contributed by atoms with Gasteiger partial charge >= 0.3 is 0 Å². The first kappa shape index (κ1) is 13.6. The summed E-state index contributed by atoms with van der Waals surface area (Å²) in [6, 6.07) is 5.98. The summed E-state index contributed by atoms with van der Waals surface area (Å²) in [6.07, 6.45) is 5.49. The van der Waals surface area contributed by atoms with Gasteiger partial charge in [0.2, 0.25) is 0 Å². The average molecular weight is 286 g/mol. The highest BCUT2D eigenvalue weighted by Gasteiger charge is 2.55. The maximum absolute atomic E-state index is 10.5. The van der Waals surface area contributed by atoms with Gasteiger partial charge in [-0.1, -0.05) is 19.9 Å². The van der Waals surface area contributed by atoms with Gasteiger partial charge in [-0.15, -0.1) is 0 Å². The number of phenols is 1. The standard InChI is InChI=1S/C19H26O2/c1-11-9-12-10-13(20)3-4-14(12)15-7-8-19(2)16(18(11)15)5-6-17(19)21/h3-4,10-11,15-18,20-21H,5-9H2,1-2H3/t11-,15-,16+,17+,18-,19+/m1/s1. The van der Waals surface area contributed by atoms with Gasteiger partial charge in [-0.3, -0.25) is 0 Å². The summed E-state index contributed by atoms with van der Waals surface area (Å²) in [4.78, 5) is 0. The predicted octanol–water partition coefficient (Wildman–Crippen LogP) is 3.86. The van der Waals surface area contributed by atoms with Gasteiger partial charge in [0, 0.05) is 0 Å². The lowest BCUT2D eigenvalue weighted by molar-refractivity contribution is -0.0356. The fourth-order valence-corrected chi connectivity index (χ4v) is 5.94. The smallest absolute Gasteiger partial charge is 0.115 e. The fourth-order valence-electron chi connectivity index (χ4n) is 5.94. The van der Waals surface area contributed by atoms with E-state index in [-0.39, 0.29) is 11.5 Å². The van der Waals surface area contributed by atoms with Crippen LogP contribution in [0.5, 0.6) is 5.75 Å². The molecule has 0 bridgehead atoms. The van der Waals surface area contributed by atoms with Crippen LogP contribution < -0.4 is 0 Å². The molecule has 3 aliphatic carbocycles. The van der Waals surface area contributed by atoms with Crippen LogP contribution in [0.15, 0.2) is 18.2 Å². The van der Waals surface area contributed by atoms with Crippen LogP contribution in [0.3, 0.4) is 0 Å². The number of aliphatic hydroxyl groups excluding tert-OH is 1. The van der Waals surface area contributed by atoms with Crippen molar-refractivity contribution in [2.75, 3.05) is 0 Å². The van der Waals surface area contributed by atoms with Crippen molar-refractivity contribution in [2.45, 2.75) is 58.0 Å². The van der Waals surface area contributed by atoms with Crippen molar-refractivity contribution >= 4 is 0 Å². The third-order valence-electron chi connectivity index (χ3n) is 7.01. The molecule has 3 aliphatic rings. The van der Waals surface area contributed by atoms with Crippen LogP contribution in [0.1, 0.15) is 56.6 Å². The zero-order valence-corrected chi connectivity index (χ0v) is 13.0. The summed E-state index contributed by atoms with van der Waals surface area (Å²) in [5, 5.41) is 20.2. The SMILES string of the molecule is C[C@@H]1Cc2cc(O)ccc2[C@H]2CC[C@]3(C)[C@@H](O)CC[C@H]3[C@H]12. The summed E-state index contributed by atoms with van der Waals surface area (Å²) in [7, 11) is 0. The summed E-state index contributed by atoms with van der Waals surface area (Å²) in [6.45, 7) is 4.70. The Kier molecular flexibility index (Phi) is 2.91. The predicted molar refractivity (Wildman–Crippen MR) is 83.3 cm³/mol. The quantitative estimate of drug-likeness (QED) is 0.760. The summed E-state index contributed by atoms with van der Waals surface area (Å²) in [5.74, 6) is 3.06. The summed E-state index contributed by atoms with van der Waals surface area (Å²) < 4.78 is 0. The van der Waals surface area contributed by atoms with Crippen LogP contribution in [-0.2, 0) is 6.42 Å². The minimum atomic E-state index is -0.100. The molecule has 0 saturated heterocycles. The Bertz CT molecular complexity index is 567. The van der Waals surface area contributed by atoms with E-state index in [1.165, 1.54) is 24.0 Å². The van der Waals surface area contributed by atoms with Crippen LogP contribution in [-0.4, -0.2) is 16.3 Å². The van der Waals surface area contributed by atoms with Crippen molar-refractivity contribution in [1.82, 2.24) is 0 Å². The Balaban J connectivity index is 1.76. The monoisotopic (exact) mass is 286 g/mol. The first-order chi connectivity index (χ1) is 10.0. The molecule has 0 aromatic heterocycles. The van der Waals surface area contributed by atoms with E-state index in [0.29, 0.717) is 29.4 Å². The van der Waals surface area contributed by atoms with Crippen molar-refractivity contribution in [3.63, 3.8) is 0 Å². The number of phenolic OH excluding ortho intramolecular Hbond substituents is 1. The molecule has 2 nitrogen and oxygen atoms in total. The molecule has 0 aliphatic heterocycles. The molecule has 0 amide bonds. The first-order valence-electron chi connectivity index (χ1n) is 8.50. The minimum Gasteiger partial charge on any atom is -0.508 e. The van der Waals surface area contributed by atoms with Crippen LogP contribution in [0, 0.1) is 23.2 Å². The molecule has 0 unspecified atom stereocenters. The molecule has 6 atom stereocenters. The lowest BCUT2D eigenvalue weighted by Gasteiger charge is -2.52. The van der Waals surface area contributed by atoms with Crippen molar-refractivity contribution in [3.8, 4) is 5.75 Å². The Labute approximate surface area is 127 Å². The molecule has 0 spiro atoms. The molecule has 2 N–H and O–H groups in total. The van der Waals surface area contributed by atoms with E-state index < -0.39 is 0 Å². The number of hydrogen-bond donors (Lipinski definition) is 2. The van der Waals surface area contributed by atoms with Gasteiger partial charge in [0.15, 0.2) is 0 Å². The molecule has 2 fully saturated rings. The van der Waals surface area contributed by atoms with E-state index in [4.69, 9.17) is 0 Å². The van der Waals surface area contributed by atoms with Crippen LogP contribution in [0.25, 0.3) is 0 Å². The van der Waals surface area contributed by atoms with Gasteiger partial charge in [-0.2, -0.15) is 0 Å². The van der Waals surface area contributed by atoms with Crippen molar-refractivity contribution < 1.29 is 10.2 Å². The van der Waals surface area contributed by atoms with Crippen molar-refractivity contribution in [2.24, 2.45) is 23.2 Å². The molecule has 21 heavy (non-hydrogen) atoms. The van der Waals surface area contributed by atoms with Crippen LogP contribution >= 0.6 is 0 Å². The minimum absolute atomic E-state index is 0.100. The average Bonchev–Trinajstić information content (AvgIpc) is 2.74. The second-order valence-corrected chi connectivity index (χ2v) is 7.99. The zero-order chi connectivity index (χ0) is 14.8. The van der Waals surface area contributed by atoms with E-state index in [2.05, 4.69) is 19.9 Å². The number of benzene rings is 1. The normalized spacial score (nSPS) is 44.8. The molecular formula is C19H26O2. The molecular weight excluding hydrogens is 260 g/mol. The van der Waals surface area contributed by atoms with Crippen LogP contribution in [0.4, 0.5) is 0 Å². The topological polar surface area (TPSA) is 40.5 Å². The number of aromatic hydroxyl groups is 1. The van der Waals surface area contributed by atoms with Gasteiger partial charge < -0.3 is 10.2 Å². The molecule has 1 aromatic rings. The lowest BCUT2D eigenvalue weighted by atomic mass is 9.53. The lowest BCUT2D eigenvalue weighted by Crippen LogP contribution is -2.46. The Morgan fingerprint density at radius 3 is 2.81 bits per heavy atom. The third-order valence-corrected chi connectivity index (χ3v) is 7.01. The molecule has 4 rings (SSSR count). The van der Waals surface area contributed by atoms with Crippen molar-refractivity contribution in [3.05, 3.63) is 29.3 Å². The molecule has 114 valence electrons. The number of rotatable bonds is 0. The van der Waals surface area contributed by atoms with E-state index in [1.807, 2.05) is 12.1 Å². The molecule has 0 radical (unpaired) electrons. The third kappa shape index (κ3) is 1.81. The number of aliphatic hydroxyl groups is 1. The summed E-state index contributed by atoms with van der Waals surface area (Å²) >= 11 is 0. The van der Waals surface area contributed by atoms with Crippen LogP contribution in [0.2, 0.25) is 0 Å². The maximum Gasteiger partial charge on any atom is 0.115 e. The Morgan fingerprint density at radius 2 is 2.00 bits per heavy atom. The second-order valence-electron chi connectivity index (χ2n) is 7.99. The highest BCUT2D eigenvalue weighted by Crippen LogP contribution is 2.62. The largest absolute Gasteiger partial charge is 0.508 e. The first-order valence-corrected chi connectivity index (χ1v) is 8.50. The van der Waals surface area contributed by atoms with Crippen molar-refractivity contribution in [1.29, 1.82) is 0 Å². The van der Waals surface area contributed by atoms with Gasteiger partial charge in [0.1, 0.15) is 5.75 Å². The summed E-state index contributed by atoms with van der Waals surface area (Å²) in [5.41, 5.74) is 2.97. The van der Waals surface area contributed by atoms with Gasteiger partial charge in [0.05, 0.1) is 6.10 Å². The van der Waals surface area contributed by atoms with E-state index >= 15 is 0 Å². The van der Waals surface area contributed by atoms with Gasteiger partial charge in [-0.25, -0.2) is 0 Å². The maximum atomic E-state index is 10.5. The van der Waals surface area contributed by atoms with E-state index in [0.717, 1.165) is 19.3 Å². The molecule has 2 saturated carbocycles. The van der Waals surface area contributed by atoms with Gasteiger partial charge in [0.25, 0.3) is 0 Å². The van der Waals surface area contributed by atoms with E-state index in [9.17, 15) is 10.2 Å². The Hall–Kier alpha value is -1.02. The number of hydrogen-bond acceptors (Lipinski definition) is 2. The highest BCUT2D eigenvalue weighted by molar-refractivity contribution is 5.40. The fraction of sp³-hybridized carbons (Fsp3) is 0.684. The number of fused-ring (bicyclic) bond motifs is 5. The zero-order valence-electron chi connectivity index (χ0n) is 13.0. The molecule has 1 aromatic carbocycles. The molecule has 0 heterocycles. The van der Waals surface area contributed by atoms with Gasteiger partial charge in [-0.05, 0) is 84.5 Å². The molecule has 2 heteroatoms. The Morgan fingerprint density at radius 1 is 1.19 bits per heavy atom. The highest BCUT2D eigenvalue weighted by atomic mass is 16.3. The van der Waals surface area contributed by atoms with E-state index in [1.54, 1.807) is 0 Å². The second kappa shape index (κ2) is 4.49.